The van der Waals surface area contributed by atoms with Gasteiger partial charge in [-0.3, -0.25) is 9.59 Å². The molecule has 36 heavy (non-hydrogen) atoms. The minimum absolute atomic E-state index is 0.126. The van der Waals surface area contributed by atoms with Crippen LogP contribution >= 0.6 is 27.7 Å². The molecule has 1 saturated heterocycles. The van der Waals surface area contributed by atoms with Crippen molar-refractivity contribution < 1.29 is 19.1 Å². The minimum atomic E-state index is -0.354. The molecule has 1 amide bonds. The highest BCUT2D eigenvalue weighted by atomic mass is 79.9. The van der Waals surface area contributed by atoms with E-state index in [1.165, 1.54) is 31.0 Å². The van der Waals surface area contributed by atoms with Crippen LogP contribution in [0.15, 0.2) is 56.8 Å². The first-order chi connectivity index (χ1) is 17.4. The summed E-state index contributed by atoms with van der Waals surface area (Å²) in [6.07, 6.45) is 8.43. The van der Waals surface area contributed by atoms with E-state index in [4.69, 9.17) is 9.47 Å². The summed E-state index contributed by atoms with van der Waals surface area (Å²) in [5, 5.41) is 3.34. The van der Waals surface area contributed by atoms with Gasteiger partial charge in [0, 0.05) is 0 Å². The van der Waals surface area contributed by atoms with Gasteiger partial charge < -0.3 is 14.8 Å². The largest absolute Gasteiger partial charge is 0.493 e. The van der Waals surface area contributed by atoms with E-state index in [1.807, 2.05) is 36.4 Å². The number of amidine groups is 1. The van der Waals surface area contributed by atoms with Gasteiger partial charge in [-0.25, -0.2) is 4.99 Å². The number of nitrogens with one attached hydrogen (secondary N) is 1. The third-order valence-electron chi connectivity index (χ3n) is 7.85. The Morgan fingerprint density at radius 3 is 2.42 bits per heavy atom. The summed E-state index contributed by atoms with van der Waals surface area (Å²) in [7, 11) is 1.56. The van der Waals surface area contributed by atoms with E-state index in [0.29, 0.717) is 43.8 Å². The number of hydrogen-bond acceptors (Lipinski definition) is 6. The van der Waals surface area contributed by atoms with E-state index in [2.05, 4.69) is 26.2 Å². The Hall–Kier alpha value is -2.58. The zero-order valence-corrected chi connectivity index (χ0v) is 22.4. The quantitative estimate of drug-likeness (QED) is 0.255. The molecule has 4 bridgehead atoms. The lowest BCUT2D eigenvalue weighted by Gasteiger charge is -2.55. The Bertz CT molecular complexity index is 1250. The van der Waals surface area contributed by atoms with Crippen molar-refractivity contribution >= 4 is 56.5 Å². The molecule has 6 nitrogen and oxygen atoms in total. The van der Waals surface area contributed by atoms with Gasteiger partial charge in [0.2, 0.25) is 0 Å². The van der Waals surface area contributed by atoms with Gasteiger partial charge in [0.15, 0.2) is 16.7 Å². The number of carbonyl (C=O) groups is 2. The summed E-state index contributed by atoms with van der Waals surface area (Å²) < 4.78 is 12.3. The number of aliphatic imine (C=N–C) groups is 1. The second-order valence-electron chi connectivity index (χ2n) is 10.4. The molecule has 2 aromatic rings. The third kappa shape index (κ3) is 4.50. The van der Waals surface area contributed by atoms with Crippen LogP contribution in [0.25, 0.3) is 6.08 Å². The first-order valence-electron chi connectivity index (χ1n) is 12.4. The number of hydrogen-bond donors (Lipinski definition) is 1. The SMILES string of the molecule is COc1cc(/C=C2/SC(=Nc3ccccc3)NC2=O)cc(Br)c1OC(=O)C12CC3CC(CC(C3)C1)C2. The highest BCUT2D eigenvalue weighted by Crippen LogP contribution is 2.60. The van der Waals surface area contributed by atoms with Gasteiger partial charge >= 0.3 is 5.97 Å². The normalized spacial score (nSPS) is 30.6. The molecule has 5 aliphatic rings. The molecular formula is C28H27BrN2O4S. The summed E-state index contributed by atoms with van der Waals surface area (Å²) in [6, 6.07) is 13.1. The number of thioether (sulfide) groups is 1. The Morgan fingerprint density at radius 2 is 1.78 bits per heavy atom. The molecule has 4 saturated carbocycles. The zero-order chi connectivity index (χ0) is 24.9. The minimum Gasteiger partial charge on any atom is -0.493 e. The van der Waals surface area contributed by atoms with Crippen LogP contribution in [0.1, 0.15) is 44.1 Å². The third-order valence-corrected chi connectivity index (χ3v) is 9.35. The molecule has 5 fully saturated rings. The number of ether oxygens (including phenoxy) is 2. The molecule has 7 rings (SSSR count). The van der Waals surface area contributed by atoms with Gasteiger partial charge in [0.1, 0.15) is 0 Å². The van der Waals surface area contributed by atoms with Crippen LogP contribution in [0.3, 0.4) is 0 Å². The molecule has 0 radical (unpaired) electrons. The molecule has 1 aliphatic heterocycles. The molecule has 0 atom stereocenters. The van der Waals surface area contributed by atoms with Crippen molar-refractivity contribution in [2.24, 2.45) is 28.2 Å². The van der Waals surface area contributed by atoms with Gasteiger partial charge in [0.25, 0.3) is 5.91 Å². The zero-order valence-electron chi connectivity index (χ0n) is 20.0. The highest BCUT2D eigenvalue weighted by molar-refractivity contribution is 9.10. The molecular weight excluding hydrogens is 540 g/mol. The van der Waals surface area contributed by atoms with Crippen LogP contribution in [0, 0.1) is 23.2 Å². The second-order valence-corrected chi connectivity index (χ2v) is 12.3. The van der Waals surface area contributed by atoms with Crippen molar-refractivity contribution in [1.82, 2.24) is 5.32 Å². The average Bonchev–Trinajstić information content (AvgIpc) is 3.18. The fourth-order valence-electron chi connectivity index (χ4n) is 6.74. The van der Waals surface area contributed by atoms with Gasteiger partial charge in [-0.2, -0.15) is 0 Å². The first-order valence-corrected chi connectivity index (χ1v) is 14.0. The first kappa shape index (κ1) is 23.8. The molecule has 2 aromatic carbocycles. The number of methoxy groups -OCH3 is 1. The number of esters is 1. The Balaban J connectivity index is 1.22. The summed E-state index contributed by atoms with van der Waals surface area (Å²) in [4.78, 5) is 31.1. The monoisotopic (exact) mass is 566 g/mol. The van der Waals surface area contributed by atoms with Gasteiger partial charge in [0.05, 0.1) is 27.6 Å². The van der Waals surface area contributed by atoms with Crippen LogP contribution in [-0.2, 0) is 9.59 Å². The van der Waals surface area contributed by atoms with E-state index in [9.17, 15) is 9.59 Å². The number of rotatable bonds is 5. The Labute approximate surface area is 223 Å². The predicted molar refractivity (Wildman–Crippen MR) is 144 cm³/mol. The molecule has 1 heterocycles. The maximum Gasteiger partial charge on any atom is 0.317 e. The van der Waals surface area contributed by atoms with Crippen LogP contribution in [0.2, 0.25) is 0 Å². The van der Waals surface area contributed by atoms with Crippen molar-refractivity contribution in [2.75, 3.05) is 7.11 Å². The summed E-state index contributed by atoms with van der Waals surface area (Å²) >= 11 is 4.86. The molecule has 0 aromatic heterocycles. The average molecular weight is 568 g/mol. The number of amides is 1. The fraction of sp³-hybridized carbons (Fsp3) is 0.393. The van der Waals surface area contributed by atoms with Crippen LogP contribution in [0.4, 0.5) is 5.69 Å². The van der Waals surface area contributed by atoms with Crippen molar-refractivity contribution in [3.05, 3.63) is 57.4 Å². The standard InChI is InChI=1S/C28H27BrN2O4S/c1-34-22-11-16(12-23-25(32)31-27(36-23)30-20-5-3-2-4-6-20)10-21(29)24(22)35-26(33)28-13-17-7-18(14-28)9-19(8-17)15-28/h2-6,10-12,17-19H,7-9,13-15H2,1H3,(H,30,31,32)/b23-12+. The topological polar surface area (TPSA) is 77.0 Å². The van der Waals surface area contributed by atoms with Gasteiger partial charge in [-0.1, -0.05) is 18.2 Å². The smallest absolute Gasteiger partial charge is 0.317 e. The van der Waals surface area contributed by atoms with E-state index >= 15 is 0 Å². The van der Waals surface area contributed by atoms with E-state index in [1.54, 1.807) is 19.3 Å². The lowest BCUT2D eigenvalue weighted by Crippen LogP contribution is -2.51. The van der Waals surface area contributed by atoms with E-state index in [0.717, 1.165) is 30.5 Å². The second kappa shape index (κ2) is 9.38. The van der Waals surface area contributed by atoms with Crippen molar-refractivity contribution in [3.8, 4) is 11.5 Å². The summed E-state index contributed by atoms with van der Waals surface area (Å²) in [6.45, 7) is 0. The molecule has 186 valence electrons. The maximum atomic E-state index is 13.5. The van der Waals surface area contributed by atoms with E-state index in [-0.39, 0.29) is 17.3 Å². The lowest BCUT2D eigenvalue weighted by molar-refractivity contribution is -0.161. The molecule has 1 N–H and O–H groups in total. The highest BCUT2D eigenvalue weighted by Gasteiger charge is 2.55. The van der Waals surface area contributed by atoms with Gasteiger partial charge in [-0.15, -0.1) is 0 Å². The molecule has 4 aliphatic carbocycles. The Morgan fingerprint density at radius 1 is 1.11 bits per heavy atom. The van der Waals surface area contributed by atoms with Crippen molar-refractivity contribution in [2.45, 2.75) is 38.5 Å². The van der Waals surface area contributed by atoms with E-state index < -0.39 is 0 Å². The molecule has 0 spiro atoms. The van der Waals surface area contributed by atoms with Gasteiger partial charge in [-0.05, 0) is 120 Å². The Kier molecular flexibility index (Phi) is 6.20. The number of nitrogens with zero attached hydrogens (tertiary/aromatic N) is 1. The van der Waals surface area contributed by atoms with Crippen LogP contribution in [0.5, 0.6) is 11.5 Å². The number of halogens is 1. The van der Waals surface area contributed by atoms with Crippen molar-refractivity contribution in [3.63, 3.8) is 0 Å². The summed E-state index contributed by atoms with van der Waals surface area (Å²) in [5.41, 5.74) is 1.18. The predicted octanol–water partition coefficient (Wildman–Crippen LogP) is 6.47. The number of para-hydroxylation sites is 1. The lowest BCUT2D eigenvalue weighted by atomic mass is 9.49. The number of benzene rings is 2. The molecule has 8 heteroatoms. The fourth-order valence-corrected chi connectivity index (χ4v) is 8.12. The number of carbonyl (C=O) groups excluding carboxylic acids is 2. The summed E-state index contributed by atoms with van der Waals surface area (Å²) in [5.74, 6) is 2.50. The van der Waals surface area contributed by atoms with Crippen molar-refractivity contribution in [1.29, 1.82) is 0 Å². The molecule has 0 unspecified atom stereocenters. The maximum absolute atomic E-state index is 13.5. The van der Waals surface area contributed by atoms with Crippen LogP contribution in [-0.4, -0.2) is 24.2 Å². The van der Waals surface area contributed by atoms with Crippen LogP contribution < -0.4 is 14.8 Å².